The Hall–Kier alpha value is -4.22. The number of nitriles is 1. The molecule has 0 aliphatic carbocycles. The van der Waals surface area contributed by atoms with Gasteiger partial charge >= 0.3 is 0 Å². The molecule has 1 unspecified atom stereocenters. The molecule has 0 saturated carbocycles. The van der Waals surface area contributed by atoms with Gasteiger partial charge in [0, 0.05) is 43.5 Å². The lowest BCUT2D eigenvalue weighted by Gasteiger charge is -2.30. The molecule has 0 saturated heterocycles. The summed E-state index contributed by atoms with van der Waals surface area (Å²) in [5, 5.41) is 15.5. The fourth-order valence-electron chi connectivity index (χ4n) is 4.37. The third kappa shape index (κ3) is 4.60. The number of hydrogen-bond donors (Lipinski definition) is 3. The van der Waals surface area contributed by atoms with Crippen molar-refractivity contribution in [2.75, 3.05) is 6.54 Å². The Morgan fingerprint density at radius 2 is 2.00 bits per heavy atom. The van der Waals surface area contributed by atoms with Gasteiger partial charge < -0.3 is 14.9 Å². The number of H-pyrrole nitrogens is 1. The van der Waals surface area contributed by atoms with Gasteiger partial charge in [-0.15, -0.1) is 0 Å². The zero-order valence-corrected chi connectivity index (χ0v) is 18.6. The van der Waals surface area contributed by atoms with Crippen molar-refractivity contribution in [3.8, 4) is 6.07 Å². The molecule has 1 aliphatic rings. The maximum absolute atomic E-state index is 13.0. The van der Waals surface area contributed by atoms with Crippen LogP contribution in [0.1, 0.15) is 39.8 Å². The first-order chi connectivity index (χ1) is 16.7. The zero-order chi connectivity index (χ0) is 23.3. The van der Waals surface area contributed by atoms with Crippen molar-refractivity contribution < 1.29 is 4.79 Å². The average molecular weight is 452 g/mol. The third-order valence-corrected chi connectivity index (χ3v) is 6.17. The van der Waals surface area contributed by atoms with Crippen LogP contribution in [0, 0.1) is 11.3 Å². The van der Waals surface area contributed by atoms with Crippen LogP contribution >= 0.6 is 0 Å². The molecule has 8 nitrogen and oxygen atoms in total. The number of aromatic amines is 1. The van der Waals surface area contributed by atoms with Crippen LogP contribution in [0.25, 0.3) is 0 Å². The number of carbonyl (C=O) groups is 1. The van der Waals surface area contributed by atoms with Crippen LogP contribution in [0.2, 0.25) is 0 Å². The fourth-order valence-corrected chi connectivity index (χ4v) is 4.37. The molecule has 1 aliphatic heterocycles. The van der Waals surface area contributed by atoms with Crippen LogP contribution in [0.4, 0.5) is 0 Å². The minimum absolute atomic E-state index is 0.0284. The summed E-state index contributed by atoms with van der Waals surface area (Å²) in [4.78, 5) is 25.0. The van der Waals surface area contributed by atoms with Crippen molar-refractivity contribution in [1.82, 2.24) is 30.2 Å². The molecule has 0 spiro atoms. The Morgan fingerprint density at radius 1 is 1.18 bits per heavy atom. The number of amides is 1. The van der Waals surface area contributed by atoms with Crippen LogP contribution in [-0.2, 0) is 24.2 Å². The number of aromatic nitrogens is 4. The van der Waals surface area contributed by atoms with Gasteiger partial charge in [-0.3, -0.25) is 10.1 Å². The molecule has 170 valence electrons. The van der Waals surface area contributed by atoms with Crippen LogP contribution in [-0.4, -0.2) is 38.0 Å². The minimum Gasteiger partial charge on any atom is -0.354 e. The van der Waals surface area contributed by atoms with Gasteiger partial charge in [-0.2, -0.15) is 5.26 Å². The van der Waals surface area contributed by atoms with Gasteiger partial charge in [-0.1, -0.05) is 42.5 Å². The number of fused-ring (bicyclic) bond motifs is 1. The monoisotopic (exact) mass is 451 g/mol. The second-order valence-corrected chi connectivity index (χ2v) is 8.40. The van der Waals surface area contributed by atoms with Gasteiger partial charge in [0.1, 0.15) is 0 Å². The molecular formula is C26H25N7O. The second-order valence-electron chi connectivity index (χ2n) is 8.40. The van der Waals surface area contributed by atoms with E-state index in [9.17, 15) is 4.79 Å². The lowest BCUT2D eigenvalue weighted by atomic mass is 9.93. The van der Waals surface area contributed by atoms with E-state index >= 15 is 0 Å². The molecule has 1 amide bonds. The largest absolute Gasteiger partial charge is 0.354 e. The van der Waals surface area contributed by atoms with Gasteiger partial charge in [-0.25, -0.2) is 9.97 Å². The molecule has 4 aromatic rings. The number of nitrogens with zero attached hydrogens (tertiary/aromatic N) is 4. The summed E-state index contributed by atoms with van der Waals surface area (Å²) in [5.41, 5.74) is 5.80. The van der Waals surface area contributed by atoms with Gasteiger partial charge in [0.15, 0.2) is 0 Å². The van der Waals surface area contributed by atoms with E-state index < -0.39 is 0 Å². The van der Waals surface area contributed by atoms with Crippen LogP contribution in [0.15, 0.2) is 73.4 Å². The predicted molar refractivity (Wildman–Crippen MR) is 127 cm³/mol. The lowest BCUT2D eigenvalue weighted by Crippen LogP contribution is -2.50. The molecular weight excluding hydrogens is 426 g/mol. The quantitative estimate of drug-likeness (QED) is 0.400. The van der Waals surface area contributed by atoms with Crippen molar-refractivity contribution in [1.29, 1.82) is 5.26 Å². The summed E-state index contributed by atoms with van der Waals surface area (Å²) in [7, 11) is 0. The number of rotatable bonds is 7. The average Bonchev–Trinajstić information content (AvgIpc) is 3.54. The normalized spacial score (nSPS) is 17.0. The summed E-state index contributed by atoms with van der Waals surface area (Å²) in [6.45, 7) is 1.18. The molecule has 34 heavy (non-hydrogen) atoms. The van der Waals surface area contributed by atoms with Crippen LogP contribution < -0.4 is 10.6 Å². The first kappa shape index (κ1) is 21.6. The molecule has 3 heterocycles. The number of hydrogen-bond acceptors (Lipinski definition) is 5. The fraction of sp³-hybridized carbons (Fsp3) is 0.231. The number of imidazole rings is 2. The number of carbonyl (C=O) groups excluding carboxylic acids is 1. The molecule has 3 N–H and O–H groups in total. The molecule has 0 bridgehead atoms. The zero-order valence-electron chi connectivity index (χ0n) is 18.6. The van der Waals surface area contributed by atoms with Crippen LogP contribution in [0.3, 0.4) is 0 Å². The number of benzene rings is 2. The molecule has 5 rings (SSSR count). The lowest BCUT2D eigenvalue weighted by molar-refractivity contribution is -0.123. The van der Waals surface area contributed by atoms with E-state index in [-0.39, 0.29) is 18.0 Å². The highest BCUT2D eigenvalue weighted by Crippen LogP contribution is 2.28. The molecule has 0 radical (unpaired) electrons. The first-order valence-electron chi connectivity index (χ1n) is 11.3. The Balaban J connectivity index is 1.20. The minimum atomic E-state index is -0.346. The van der Waals surface area contributed by atoms with Gasteiger partial charge in [0.25, 0.3) is 0 Å². The third-order valence-electron chi connectivity index (χ3n) is 6.17. The maximum Gasteiger partial charge on any atom is 0.237 e. The van der Waals surface area contributed by atoms with Gasteiger partial charge in [0.05, 0.1) is 42.1 Å². The highest BCUT2D eigenvalue weighted by atomic mass is 16.2. The van der Waals surface area contributed by atoms with Crippen molar-refractivity contribution in [3.05, 3.63) is 107 Å². The molecule has 8 heteroatoms. The SMILES string of the molecule is N#Cc1ccc(Cn2cncc2CCNC(=O)[C@@H]2Cc3[nH]cnc3C(c3ccccc3)N2)cc1. The van der Waals surface area contributed by atoms with Crippen molar-refractivity contribution >= 4 is 5.91 Å². The Morgan fingerprint density at radius 3 is 2.79 bits per heavy atom. The topological polar surface area (TPSA) is 111 Å². The Kier molecular flexibility index (Phi) is 6.19. The van der Waals surface area contributed by atoms with Gasteiger partial charge in [-0.05, 0) is 23.3 Å². The number of nitrogens with one attached hydrogen (secondary N) is 3. The van der Waals surface area contributed by atoms with Crippen molar-refractivity contribution in [3.63, 3.8) is 0 Å². The Labute approximate surface area is 197 Å². The van der Waals surface area contributed by atoms with E-state index in [4.69, 9.17) is 5.26 Å². The second kappa shape index (κ2) is 9.73. The predicted octanol–water partition coefficient (Wildman–Crippen LogP) is 2.49. The van der Waals surface area contributed by atoms with Gasteiger partial charge in [0.2, 0.25) is 5.91 Å². The van der Waals surface area contributed by atoms with E-state index in [0.29, 0.717) is 31.5 Å². The van der Waals surface area contributed by atoms with Crippen molar-refractivity contribution in [2.45, 2.75) is 31.5 Å². The molecule has 0 fully saturated rings. The standard InChI is InChI=1S/C26H25N7O/c27-13-18-6-8-19(9-7-18)15-33-17-28-14-21(33)10-11-29-26(34)23-12-22-25(31-16-30-22)24(32-23)20-4-2-1-3-5-20/h1-9,14,16-17,23-24,32H,10-12,15H2,(H,29,34)(H,30,31)/t23-,24?/m0/s1. The smallest absolute Gasteiger partial charge is 0.237 e. The highest BCUT2D eigenvalue weighted by molar-refractivity contribution is 5.82. The van der Waals surface area contributed by atoms with E-state index in [1.54, 1.807) is 12.7 Å². The summed E-state index contributed by atoms with van der Waals surface area (Å²) in [6.07, 6.45) is 6.56. The molecule has 2 aromatic heterocycles. The molecule has 2 aromatic carbocycles. The maximum atomic E-state index is 13.0. The highest BCUT2D eigenvalue weighted by Gasteiger charge is 2.33. The van der Waals surface area contributed by atoms with E-state index in [1.807, 2.05) is 60.8 Å². The summed E-state index contributed by atoms with van der Waals surface area (Å²) >= 11 is 0. The van der Waals surface area contributed by atoms with E-state index in [0.717, 1.165) is 28.2 Å². The first-order valence-corrected chi connectivity index (χ1v) is 11.3. The van der Waals surface area contributed by atoms with E-state index in [2.05, 4.69) is 36.2 Å². The summed E-state index contributed by atoms with van der Waals surface area (Å²) in [5.74, 6) is -0.0284. The molecule has 2 atom stereocenters. The Bertz CT molecular complexity index is 1300. The van der Waals surface area contributed by atoms with E-state index in [1.165, 1.54) is 0 Å². The van der Waals surface area contributed by atoms with Crippen LogP contribution in [0.5, 0.6) is 0 Å². The summed E-state index contributed by atoms with van der Waals surface area (Å²) < 4.78 is 2.06. The van der Waals surface area contributed by atoms with Crippen molar-refractivity contribution in [2.24, 2.45) is 0 Å². The summed E-state index contributed by atoms with van der Waals surface area (Å²) in [6, 6.07) is 19.3.